The molecule has 1 aliphatic rings. The molecule has 2 amide bonds. The number of methoxy groups -OCH3 is 1. The molecule has 0 spiro atoms. The van der Waals surface area contributed by atoms with Gasteiger partial charge in [0.15, 0.2) is 0 Å². The third kappa shape index (κ3) is 3.65. The number of nitrogens with zero attached hydrogens (tertiary/aromatic N) is 1. The maximum absolute atomic E-state index is 12.0. The number of thiophene rings is 1. The molecule has 0 aliphatic carbocycles. The highest BCUT2D eigenvalue weighted by atomic mass is 79.9. The van der Waals surface area contributed by atoms with Gasteiger partial charge in [0.25, 0.3) is 0 Å². The Kier molecular flexibility index (Phi) is 5.03. The topological polar surface area (TPSA) is 63.2 Å². The van der Waals surface area contributed by atoms with E-state index in [9.17, 15) is 4.79 Å². The van der Waals surface area contributed by atoms with E-state index < -0.39 is 0 Å². The smallest absolute Gasteiger partial charge is 0.319 e. The number of carbonyl (C=O) groups is 1. The van der Waals surface area contributed by atoms with Crippen molar-refractivity contribution < 1.29 is 9.53 Å². The highest BCUT2D eigenvalue weighted by Crippen LogP contribution is 2.40. The van der Waals surface area contributed by atoms with E-state index in [4.69, 9.17) is 9.72 Å². The Morgan fingerprint density at radius 3 is 2.63 bits per heavy atom. The number of aromatic nitrogens is 1. The van der Waals surface area contributed by atoms with Crippen LogP contribution in [0.2, 0.25) is 0 Å². The lowest BCUT2D eigenvalue weighted by Crippen LogP contribution is -2.42. The molecule has 0 saturated heterocycles. The summed E-state index contributed by atoms with van der Waals surface area (Å²) in [6.07, 6.45) is 0. The molecule has 8 heteroatoms. The normalized spacial score (nSPS) is 16.9. The molecule has 2 N–H and O–H groups in total. The predicted molar refractivity (Wildman–Crippen MR) is 113 cm³/mol. The van der Waals surface area contributed by atoms with Gasteiger partial charge in [0, 0.05) is 36.9 Å². The zero-order valence-electron chi connectivity index (χ0n) is 14.6. The van der Waals surface area contributed by atoms with Crippen molar-refractivity contribution in [1.82, 2.24) is 15.6 Å². The molecular weight excluding hydrogens is 446 g/mol. The van der Waals surface area contributed by atoms with Crippen LogP contribution in [-0.4, -0.2) is 18.1 Å². The number of urea groups is 1. The van der Waals surface area contributed by atoms with Gasteiger partial charge in [-0.05, 0) is 53.2 Å². The average Bonchev–Trinajstić information content (AvgIpc) is 3.30. The van der Waals surface area contributed by atoms with Crippen LogP contribution in [0.1, 0.15) is 22.9 Å². The van der Waals surface area contributed by atoms with Crippen molar-refractivity contribution >= 4 is 50.2 Å². The van der Waals surface area contributed by atoms with E-state index >= 15 is 0 Å². The van der Waals surface area contributed by atoms with E-state index in [1.54, 1.807) is 29.8 Å². The van der Waals surface area contributed by atoms with Crippen molar-refractivity contribution in [3.63, 3.8) is 0 Å². The summed E-state index contributed by atoms with van der Waals surface area (Å²) in [4.78, 5) is 17.9. The number of ether oxygens (including phenoxy) is 1. The number of hydrogen-bond donors (Lipinski definition) is 2. The van der Waals surface area contributed by atoms with E-state index in [-0.39, 0.29) is 12.1 Å². The fraction of sp³-hybridized carbons (Fsp3) is 0.158. The molecule has 1 unspecified atom stereocenters. The summed E-state index contributed by atoms with van der Waals surface area (Å²) < 4.78 is 6.22. The number of thiazole rings is 1. The number of amides is 2. The first kappa shape index (κ1) is 18.2. The number of benzene rings is 1. The molecular formula is C19H16BrN3O2S2. The van der Waals surface area contributed by atoms with Gasteiger partial charge in [-0.2, -0.15) is 0 Å². The van der Waals surface area contributed by atoms with Crippen LogP contribution < -0.4 is 15.4 Å². The minimum Gasteiger partial charge on any atom is -0.497 e. The molecule has 3 heterocycles. The summed E-state index contributed by atoms with van der Waals surface area (Å²) in [7, 11) is 1.65. The number of halogens is 1. The van der Waals surface area contributed by atoms with Gasteiger partial charge in [-0.1, -0.05) is 0 Å². The molecule has 4 rings (SSSR count). The van der Waals surface area contributed by atoms with Crippen LogP contribution in [-0.2, 0) is 0 Å². The van der Waals surface area contributed by atoms with Crippen LogP contribution in [0, 0.1) is 0 Å². The Morgan fingerprint density at radius 2 is 1.96 bits per heavy atom. The first-order valence-electron chi connectivity index (χ1n) is 8.17. The Bertz CT molecular complexity index is 1020. The standard InChI is InChI=1S/C19H16BrN3O2S2/c1-10-16(17(23-19(24)21-10)15-7-12(20)8-26-15)18-22-14(9-27-18)11-3-5-13(25-2)6-4-11/h3-9,17H,1-2H3,(H2,21,23,24). The molecule has 0 fully saturated rings. The largest absolute Gasteiger partial charge is 0.497 e. The van der Waals surface area contributed by atoms with E-state index in [1.807, 2.05) is 48.0 Å². The lowest BCUT2D eigenvalue weighted by Gasteiger charge is -2.27. The third-order valence-electron chi connectivity index (χ3n) is 4.26. The Labute approximate surface area is 173 Å². The first-order chi connectivity index (χ1) is 13.0. The minimum absolute atomic E-state index is 0.197. The third-order valence-corrected chi connectivity index (χ3v) is 6.90. The van der Waals surface area contributed by atoms with Crippen molar-refractivity contribution in [2.45, 2.75) is 13.0 Å². The van der Waals surface area contributed by atoms with Gasteiger partial charge >= 0.3 is 6.03 Å². The van der Waals surface area contributed by atoms with Gasteiger partial charge in [-0.25, -0.2) is 9.78 Å². The average molecular weight is 462 g/mol. The van der Waals surface area contributed by atoms with Crippen molar-refractivity contribution in [2.75, 3.05) is 7.11 Å². The minimum atomic E-state index is -0.218. The monoisotopic (exact) mass is 461 g/mol. The van der Waals surface area contributed by atoms with Crippen LogP contribution in [0.4, 0.5) is 4.79 Å². The zero-order valence-corrected chi connectivity index (χ0v) is 17.8. The quantitative estimate of drug-likeness (QED) is 0.544. The lowest BCUT2D eigenvalue weighted by atomic mass is 10.0. The second kappa shape index (κ2) is 7.46. The Balaban J connectivity index is 1.72. The SMILES string of the molecule is COc1ccc(-c2csc(C3=C(C)NC(=O)NC3c3cc(Br)cs3)n2)cc1. The van der Waals surface area contributed by atoms with Gasteiger partial charge in [0.05, 0.1) is 18.8 Å². The summed E-state index contributed by atoms with van der Waals surface area (Å²) in [5.74, 6) is 0.815. The van der Waals surface area contributed by atoms with Gasteiger partial charge in [0.1, 0.15) is 10.8 Å². The molecule has 27 heavy (non-hydrogen) atoms. The van der Waals surface area contributed by atoms with Gasteiger partial charge in [-0.3, -0.25) is 0 Å². The summed E-state index contributed by atoms with van der Waals surface area (Å²) in [6, 6.07) is 9.45. The second-order valence-electron chi connectivity index (χ2n) is 6.00. The molecule has 1 aromatic carbocycles. The summed E-state index contributed by atoms with van der Waals surface area (Å²) in [5, 5.41) is 10.8. The van der Waals surface area contributed by atoms with E-state index in [2.05, 4.69) is 26.6 Å². The van der Waals surface area contributed by atoms with Crippen molar-refractivity contribution in [1.29, 1.82) is 0 Å². The highest BCUT2D eigenvalue weighted by molar-refractivity contribution is 9.10. The molecule has 0 radical (unpaired) electrons. The van der Waals surface area contributed by atoms with Crippen LogP contribution in [0.25, 0.3) is 16.8 Å². The van der Waals surface area contributed by atoms with Crippen molar-refractivity contribution in [2.24, 2.45) is 0 Å². The second-order valence-corrected chi connectivity index (χ2v) is 8.72. The van der Waals surface area contributed by atoms with Crippen LogP contribution in [0.15, 0.2) is 51.3 Å². The highest BCUT2D eigenvalue weighted by Gasteiger charge is 2.30. The number of allylic oxidation sites excluding steroid dienone is 1. The molecule has 0 bridgehead atoms. The summed E-state index contributed by atoms with van der Waals surface area (Å²) in [5.41, 5.74) is 3.75. The lowest BCUT2D eigenvalue weighted by molar-refractivity contribution is 0.240. The van der Waals surface area contributed by atoms with Gasteiger partial charge in [0.2, 0.25) is 0 Å². The van der Waals surface area contributed by atoms with Gasteiger partial charge < -0.3 is 15.4 Å². The fourth-order valence-corrected chi connectivity index (χ4v) is 5.43. The Hall–Kier alpha value is -2.16. The zero-order chi connectivity index (χ0) is 19.0. The maximum Gasteiger partial charge on any atom is 0.319 e. The van der Waals surface area contributed by atoms with E-state index in [1.165, 1.54) is 0 Å². The van der Waals surface area contributed by atoms with Crippen molar-refractivity contribution in [3.05, 3.63) is 61.1 Å². The molecule has 0 saturated carbocycles. The van der Waals surface area contributed by atoms with E-state index in [0.29, 0.717) is 0 Å². The fourth-order valence-electron chi connectivity index (χ4n) is 2.96. The number of carbonyl (C=O) groups excluding carboxylic acids is 1. The Morgan fingerprint density at radius 1 is 1.19 bits per heavy atom. The van der Waals surface area contributed by atoms with Crippen LogP contribution >= 0.6 is 38.6 Å². The molecule has 2 aromatic heterocycles. The molecule has 3 aromatic rings. The molecule has 138 valence electrons. The molecule has 5 nitrogen and oxygen atoms in total. The van der Waals surface area contributed by atoms with E-state index in [0.717, 1.165) is 42.6 Å². The molecule has 1 aliphatic heterocycles. The van der Waals surface area contributed by atoms with Crippen LogP contribution in [0.3, 0.4) is 0 Å². The first-order valence-corrected chi connectivity index (χ1v) is 10.7. The predicted octanol–water partition coefficient (Wildman–Crippen LogP) is 5.43. The van der Waals surface area contributed by atoms with Crippen molar-refractivity contribution in [3.8, 4) is 17.0 Å². The maximum atomic E-state index is 12.0. The van der Waals surface area contributed by atoms with Gasteiger partial charge in [-0.15, -0.1) is 22.7 Å². The number of nitrogens with one attached hydrogen (secondary N) is 2. The molecule has 1 atom stereocenters. The summed E-state index contributed by atoms with van der Waals surface area (Å²) in [6.45, 7) is 1.91. The van der Waals surface area contributed by atoms with Crippen LogP contribution in [0.5, 0.6) is 5.75 Å². The number of hydrogen-bond acceptors (Lipinski definition) is 5. The summed E-state index contributed by atoms with van der Waals surface area (Å²) >= 11 is 6.67. The number of rotatable bonds is 4.